The molecule has 0 saturated heterocycles. The molecule has 2 heteroatoms. The lowest BCUT2D eigenvalue weighted by Gasteiger charge is -2.16. The van der Waals surface area contributed by atoms with Crippen LogP contribution in [0.4, 0.5) is 0 Å². The predicted octanol–water partition coefficient (Wildman–Crippen LogP) is 3.24. The lowest BCUT2D eigenvalue weighted by atomic mass is 9.91. The van der Waals surface area contributed by atoms with Gasteiger partial charge in [-0.05, 0) is 42.9 Å². The van der Waals surface area contributed by atoms with Crippen LogP contribution in [0.5, 0.6) is 0 Å². The minimum Gasteiger partial charge on any atom is -0.343 e. The molecule has 0 unspecified atom stereocenters. The fourth-order valence-corrected chi connectivity index (χ4v) is 3.32. The fourth-order valence-electron chi connectivity index (χ4n) is 3.32. The number of aromatic amines is 1. The molecule has 1 fully saturated rings. The maximum absolute atomic E-state index is 4.36. The van der Waals surface area contributed by atoms with Gasteiger partial charge < -0.3 is 4.98 Å². The Hall–Kier alpha value is -1.57. The topological polar surface area (TPSA) is 28.7 Å². The SMILES string of the molecule is C1=C[C@@H]2C[C@H]1C[C@H]2c1cc2cccnc2[nH]1. The van der Waals surface area contributed by atoms with E-state index in [0.717, 1.165) is 17.5 Å². The van der Waals surface area contributed by atoms with E-state index in [0.29, 0.717) is 5.92 Å². The number of hydrogen-bond donors (Lipinski definition) is 1. The predicted molar refractivity (Wildman–Crippen MR) is 64.2 cm³/mol. The Morgan fingerprint density at radius 1 is 1.25 bits per heavy atom. The van der Waals surface area contributed by atoms with Gasteiger partial charge in [0, 0.05) is 23.2 Å². The summed E-state index contributed by atoms with van der Waals surface area (Å²) >= 11 is 0. The molecule has 2 bridgehead atoms. The molecule has 2 aliphatic carbocycles. The van der Waals surface area contributed by atoms with E-state index in [1.165, 1.54) is 23.9 Å². The van der Waals surface area contributed by atoms with Crippen molar-refractivity contribution in [3.63, 3.8) is 0 Å². The lowest BCUT2D eigenvalue weighted by molar-refractivity contribution is 0.574. The van der Waals surface area contributed by atoms with Crippen LogP contribution in [0.15, 0.2) is 36.5 Å². The largest absolute Gasteiger partial charge is 0.343 e. The molecule has 1 N–H and O–H groups in total. The molecule has 16 heavy (non-hydrogen) atoms. The second-order valence-corrected chi connectivity index (χ2v) is 5.05. The third kappa shape index (κ3) is 1.10. The summed E-state index contributed by atoms with van der Waals surface area (Å²) in [5.74, 6) is 2.29. The zero-order valence-electron chi connectivity index (χ0n) is 9.06. The number of nitrogens with zero attached hydrogens (tertiary/aromatic N) is 1. The Balaban J connectivity index is 1.80. The van der Waals surface area contributed by atoms with Crippen LogP contribution >= 0.6 is 0 Å². The van der Waals surface area contributed by atoms with Crippen LogP contribution in [0.2, 0.25) is 0 Å². The molecule has 0 radical (unpaired) electrons. The van der Waals surface area contributed by atoms with Crippen molar-refractivity contribution in [2.75, 3.05) is 0 Å². The summed E-state index contributed by atoms with van der Waals surface area (Å²) in [6, 6.07) is 6.41. The zero-order chi connectivity index (χ0) is 10.5. The van der Waals surface area contributed by atoms with Crippen LogP contribution in [0, 0.1) is 11.8 Å². The Morgan fingerprint density at radius 2 is 2.25 bits per heavy atom. The molecule has 0 spiro atoms. The molecule has 2 aliphatic rings. The second kappa shape index (κ2) is 2.97. The van der Waals surface area contributed by atoms with Gasteiger partial charge in [0.05, 0.1) is 0 Å². The van der Waals surface area contributed by atoms with Gasteiger partial charge in [0.1, 0.15) is 5.65 Å². The molecule has 1 saturated carbocycles. The summed E-state index contributed by atoms with van der Waals surface area (Å²) in [5, 5.41) is 1.24. The Kier molecular flexibility index (Phi) is 1.59. The highest BCUT2D eigenvalue weighted by Crippen LogP contribution is 2.48. The Bertz CT molecular complexity index is 534. The van der Waals surface area contributed by atoms with Gasteiger partial charge in [-0.25, -0.2) is 4.98 Å². The molecule has 3 atom stereocenters. The van der Waals surface area contributed by atoms with Gasteiger partial charge >= 0.3 is 0 Å². The van der Waals surface area contributed by atoms with E-state index in [-0.39, 0.29) is 0 Å². The van der Waals surface area contributed by atoms with Gasteiger partial charge in [-0.2, -0.15) is 0 Å². The molecule has 0 aliphatic heterocycles. The van der Waals surface area contributed by atoms with E-state index in [4.69, 9.17) is 0 Å². The number of H-pyrrole nitrogens is 1. The molecule has 2 heterocycles. The number of nitrogens with one attached hydrogen (secondary N) is 1. The second-order valence-electron chi connectivity index (χ2n) is 5.05. The van der Waals surface area contributed by atoms with Crippen molar-refractivity contribution in [2.24, 2.45) is 11.8 Å². The first-order valence-corrected chi connectivity index (χ1v) is 6.02. The van der Waals surface area contributed by atoms with Crippen molar-refractivity contribution >= 4 is 11.0 Å². The first kappa shape index (κ1) is 8.57. The first-order valence-electron chi connectivity index (χ1n) is 6.02. The van der Waals surface area contributed by atoms with Crippen LogP contribution in [0.25, 0.3) is 11.0 Å². The van der Waals surface area contributed by atoms with E-state index >= 15 is 0 Å². The number of hydrogen-bond acceptors (Lipinski definition) is 1. The van der Waals surface area contributed by atoms with Crippen LogP contribution in [0.1, 0.15) is 24.5 Å². The monoisotopic (exact) mass is 210 g/mol. The summed E-state index contributed by atoms with van der Waals surface area (Å²) < 4.78 is 0. The number of pyridine rings is 1. The van der Waals surface area contributed by atoms with E-state index in [1.807, 2.05) is 12.3 Å². The van der Waals surface area contributed by atoms with Gasteiger partial charge in [0.25, 0.3) is 0 Å². The molecule has 2 aromatic heterocycles. The minimum atomic E-state index is 0.698. The summed E-state index contributed by atoms with van der Waals surface area (Å²) in [7, 11) is 0. The maximum atomic E-state index is 4.36. The highest BCUT2D eigenvalue weighted by Gasteiger charge is 2.37. The van der Waals surface area contributed by atoms with Crippen molar-refractivity contribution in [2.45, 2.75) is 18.8 Å². The molecule has 0 aromatic carbocycles. The van der Waals surface area contributed by atoms with Crippen LogP contribution < -0.4 is 0 Å². The Morgan fingerprint density at radius 3 is 3.00 bits per heavy atom. The van der Waals surface area contributed by atoms with Crippen molar-refractivity contribution in [3.8, 4) is 0 Å². The third-order valence-corrected chi connectivity index (χ3v) is 4.09. The van der Waals surface area contributed by atoms with E-state index in [1.54, 1.807) is 0 Å². The molecule has 0 amide bonds. The number of rotatable bonds is 1. The summed E-state index contributed by atoms with van der Waals surface area (Å²) in [4.78, 5) is 7.84. The van der Waals surface area contributed by atoms with Crippen LogP contribution in [-0.2, 0) is 0 Å². The van der Waals surface area contributed by atoms with Crippen molar-refractivity contribution in [1.82, 2.24) is 9.97 Å². The van der Waals surface area contributed by atoms with E-state index in [2.05, 4.69) is 34.3 Å². The first-order chi connectivity index (χ1) is 7.90. The van der Waals surface area contributed by atoms with Gasteiger partial charge in [-0.15, -0.1) is 0 Å². The molecule has 2 nitrogen and oxygen atoms in total. The number of aromatic nitrogens is 2. The molecular weight excluding hydrogens is 196 g/mol. The average Bonchev–Trinajstić information content (AvgIpc) is 3.02. The van der Waals surface area contributed by atoms with E-state index in [9.17, 15) is 0 Å². The summed E-state index contributed by atoms with van der Waals surface area (Å²) in [6.07, 6.45) is 9.31. The van der Waals surface area contributed by atoms with Gasteiger partial charge in [-0.3, -0.25) is 0 Å². The molecule has 4 rings (SSSR count). The average molecular weight is 210 g/mol. The standard InChI is InChI=1S/C14H14N2/c1-2-11-8-13(16-14(11)15-5-1)12-7-9-3-4-10(12)6-9/h1-5,8-10,12H,6-7H2,(H,15,16)/t9-,10+,12+/m0/s1. The molecular formula is C14H14N2. The number of allylic oxidation sites excluding steroid dienone is 2. The summed E-state index contributed by atoms with van der Waals surface area (Å²) in [5.41, 5.74) is 2.41. The summed E-state index contributed by atoms with van der Waals surface area (Å²) in [6.45, 7) is 0. The lowest BCUT2D eigenvalue weighted by Crippen LogP contribution is -2.04. The van der Waals surface area contributed by atoms with Gasteiger partial charge in [-0.1, -0.05) is 12.2 Å². The van der Waals surface area contributed by atoms with Crippen LogP contribution in [-0.4, -0.2) is 9.97 Å². The van der Waals surface area contributed by atoms with Gasteiger partial charge in [0.2, 0.25) is 0 Å². The normalized spacial score (nSPS) is 31.6. The highest BCUT2D eigenvalue weighted by atomic mass is 14.9. The number of fused-ring (bicyclic) bond motifs is 3. The minimum absolute atomic E-state index is 0.698. The maximum Gasteiger partial charge on any atom is 0.137 e. The quantitative estimate of drug-likeness (QED) is 0.719. The van der Waals surface area contributed by atoms with Crippen LogP contribution in [0.3, 0.4) is 0 Å². The van der Waals surface area contributed by atoms with Crippen molar-refractivity contribution in [1.29, 1.82) is 0 Å². The third-order valence-electron chi connectivity index (χ3n) is 4.09. The highest BCUT2D eigenvalue weighted by molar-refractivity contribution is 5.76. The fraction of sp³-hybridized carbons (Fsp3) is 0.357. The smallest absolute Gasteiger partial charge is 0.137 e. The van der Waals surface area contributed by atoms with E-state index < -0.39 is 0 Å². The van der Waals surface area contributed by atoms with Crippen molar-refractivity contribution in [3.05, 3.63) is 42.2 Å². The van der Waals surface area contributed by atoms with Gasteiger partial charge in [0.15, 0.2) is 0 Å². The Labute approximate surface area is 94.4 Å². The molecule has 80 valence electrons. The molecule has 2 aromatic rings. The zero-order valence-corrected chi connectivity index (χ0v) is 9.06. The van der Waals surface area contributed by atoms with Crippen molar-refractivity contribution < 1.29 is 0 Å².